The van der Waals surface area contributed by atoms with Crippen molar-refractivity contribution in [3.05, 3.63) is 103 Å². The van der Waals surface area contributed by atoms with Crippen molar-refractivity contribution in [1.29, 1.82) is 0 Å². The molecule has 0 saturated carbocycles. The Labute approximate surface area is 182 Å². The van der Waals surface area contributed by atoms with Crippen LogP contribution in [0.1, 0.15) is 0 Å². The molecule has 1 aromatic heterocycles. The zero-order chi connectivity index (χ0) is 18.5. The van der Waals surface area contributed by atoms with E-state index in [0.29, 0.717) is 0 Å². The predicted molar refractivity (Wildman–Crippen MR) is 119 cm³/mol. The third-order valence-electron chi connectivity index (χ3n) is 5.58. The quantitative estimate of drug-likeness (QED) is 0.158. The predicted octanol–water partition coefficient (Wildman–Crippen LogP) is 7.16. The van der Waals surface area contributed by atoms with Crippen LogP contribution in [0.15, 0.2) is 97.2 Å². The zero-order valence-electron chi connectivity index (χ0n) is 15.5. The Hall–Kier alpha value is -3.06. The molecule has 1 nitrogen and oxygen atoms in total. The van der Waals surface area contributed by atoms with Gasteiger partial charge in [0.15, 0.2) is 0 Å². The molecule has 2 heteroatoms. The van der Waals surface area contributed by atoms with Crippen molar-refractivity contribution < 1.29 is 20.1 Å². The Morgan fingerprint density at radius 3 is 1.93 bits per heavy atom. The van der Waals surface area contributed by atoms with E-state index >= 15 is 0 Å². The van der Waals surface area contributed by atoms with Crippen LogP contribution in [0.2, 0.25) is 0 Å². The normalized spacial score (nSPS) is 11.2. The minimum Gasteiger partial charge on any atom is -0.304 e. The second-order valence-electron chi connectivity index (χ2n) is 7.21. The summed E-state index contributed by atoms with van der Waals surface area (Å²) in [6.45, 7) is 0. The minimum absolute atomic E-state index is 0. The summed E-state index contributed by atoms with van der Waals surface area (Å²) in [6, 6.07) is 35.6. The molecule has 0 amide bonds. The summed E-state index contributed by atoms with van der Waals surface area (Å²) in [4.78, 5) is 4.78. The minimum atomic E-state index is 0. The van der Waals surface area contributed by atoms with Crippen molar-refractivity contribution in [3.8, 4) is 11.3 Å². The number of fused-ring (bicyclic) bond motifs is 6. The van der Waals surface area contributed by atoms with Gasteiger partial charge in [0, 0.05) is 31.7 Å². The Kier molecular flexibility index (Phi) is 4.39. The molecule has 1 heterocycles. The van der Waals surface area contributed by atoms with Gasteiger partial charge in [-0.25, -0.2) is 0 Å². The van der Waals surface area contributed by atoms with Crippen LogP contribution < -0.4 is 0 Å². The second-order valence-corrected chi connectivity index (χ2v) is 7.21. The Morgan fingerprint density at radius 2 is 1.17 bits per heavy atom. The molecule has 0 N–H and O–H groups in total. The molecule has 0 aliphatic carbocycles. The largest absolute Gasteiger partial charge is 0.304 e. The van der Waals surface area contributed by atoms with E-state index in [4.69, 9.17) is 4.98 Å². The second kappa shape index (κ2) is 7.08. The molecule has 0 bridgehead atoms. The summed E-state index contributed by atoms with van der Waals surface area (Å²) in [5.74, 6) is 0. The van der Waals surface area contributed by atoms with Crippen LogP contribution in [0.25, 0.3) is 54.3 Å². The van der Waals surface area contributed by atoms with Gasteiger partial charge >= 0.3 is 0 Å². The smallest absolute Gasteiger partial charge is 0.0245 e. The molecule has 6 rings (SSSR count). The number of rotatable bonds is 1. The third-order valence-corrected chi connectivity index (χ3v) is 5.58. The third kappa shape index (κ3) is 2.93. The average molecular weight is 547 g/mol. The molecule has 0 atom stereocenters. The molecule has 0 spiro atoms. The zero-order valence-corrected chi connectivity index (χ0v) is 17.9. The van der Waals surface area contributed by atoms with E-state index in [-0.39, 0.29) is 20.1 Å². The maximum absolute atomic E-state index is 4.78. The van der Waals surface area contributed by atoms with Crippen molar-refractivity contribution in [3.63, 3.8) is 0 Å². The number of nitrogens with zero attached hydrogens (tertiary/aromatic N) is 1. The summed E-state index contributed by atoms with van der Waals surface area (Å²) in [5, 5.41) is 9.85. The van der Waals surface area contributed by atoms with Crippen LogP contribution in [0, 0.1) is 6.07 Å². The van der Waals surface area contributed by atoms with Crippen LogP contribution in [-0.2, 0) is 20.1 Å². The first-order valence-corrected chi connectivity index (χ1v) is 9.48. The van der Waals surface area contributed by atoms with Gasteiger partial charge in [-0.1, -0.05) is 89.6 Å². The van der Waals surface area contributed by atoms with Crippen molar-refractivity contribution >= 4 is 43.1 Å². The van der Waals surface area contributed by atoms with Crippen LogP contribution in [0.3, 0.4) is 0 Å². The molecule has 1 radical (unpaired) electrons. The molecule has 0 aliphatic rings. The molecule has 0 fully saturated rings. The maximum atomic E-state index is 4.78. The van der Waals surface area contributed by atoms with Crippen LogP contribution in [0.4, 0.5) is 0 Å². The van der Waals surface area contributed by atoms with Gasteiger partial charge < -0.3 is 4.98 Å². The molecule has 0 aliphatic heterocycles. The van der Waals surface area contributed by atoms with E-state index in [0.717, 1.165) is 11.3 Å². The van der Waals surface area contributed by atoms with Gasteiger partial charge in [0.05, 0.1) is 0 Å². The van der Waals surface area contributed by atoms with Gasteiger partial charge in [-0.3, -0.25) is 0 Å². The molecule has 0 saturated heterocycles. The van der Waals surface area contributed by atoms with Gasteiger partial charge in [-0.15, -0.1) is 23.8 Å². The van der Waals surface area contributed by atoms with Crippen molar-refractivity contribution in [2.45, 2.75) is 0 Å². The Bertz CT molecular complexity index is 1520. The number of aromatic nitrogens is 1. The monoisotopic (exact) mass is 547 g/mol. The first kappa shape index (κ1) is 18.0. The molecule has 6 aromatic rings. The molecule has 5 aromatic carbocycles. The summed E-state index contributed by atoms with van der Waals surface area (Å²) in [7, 11) is 0. The van der Waals surface area contributed by atoms with Gasteiger partial charge in [0.1, 0.15) is 0 Å². The molecule has 29 heavy (non-hydrogen) atoms. The van der Waals surface area contributed by atoms with E-state index in [2.05, 4.69) is 97.1 Å². The van der Waals surface area contributed by atoms with Gasteiger partial charge in [-0.2, -0.15) is 0 Å². The van der Waals surface area contributed by atoms with E-state index < -0.39 is 0 Å². The van der Waals surface area contributed by atoms with Crippen molar-refractivity contribution in [1.82, 2.24) is 4.98 Å². The Morgan fingerprint density at radius 1 is 0.552 bits per heavy atom. The molecular formula is C27H16IrN-. The van der Waals surface area contributed by atoms with Gasteiger partial charge in [-0.05, 0) is 32.6 Å². The standard InChI is InChI=1S/C27H16N.Ir/c1-3-7-23-18(5-1)9-10-20-12-14-22(15-25(20)23)27-16-21-13-11-19-6-2-4-8-24(19)26(21)17-28-27;/h1-13,15-17H;/q-1;. The fraction of sp³-hybridized carbons (Fsp3) is 0. The molecule has 0 unspecified atom stereocenters. The Balaban J connectivity index is 0.00000181. The first-order valence-electron chi connectivity index (χ1n) is 9.48. The summed E-state index contributed by atoms with van der Waals surface area (Å²) in [5.41, 5.74) is 1.98. The van der Waals surface area contributed by atoms with Crippen LogP contribution in [-0.4, -0.2) is 4.98 Å². The van der Waals surface area contributed by atoms with Crippen LogP contribution >= 0.6 is 0 Å². The molecular weight excluding hydrogens is 531 g/mol. The fourth-order valence-corrected chi connectivity index (χ4v) is 4.14. The van der Waals surface area contributed by atoms with E-state index in [9.17, 15) is 0 Å². The average Bonchev–Trinajstić information content (AvgIpc) is 2.78. The number of hydrogen-bond acceptors (Lipinski definition) is 1. The molecule has 139 valence electrons. The topological polar surface area (TPSA) is 12.9 Å². The van der Waals surface area contributed by atoms with E-state index in [1.54, 1.807) is 0 Å². The number of pyridine rings is 1. The summed E-state index contributed by atoms with van der Waals surface area (Å²) < 4.78 is 0. The summed E-state index contributed by atoms with van der Waals surface area (Å²) in [6.07, 6.45) is 1.99. The van der Waals surface area contributed by atoms with Crippen molar-refractivity contribution in [2.24, 2.45) is 0 Å². The maximum Gasteiger partial charge on any atom is 0.0245 e. The summed E-state index contributed by atoms with van der Waals surface area (Å²) >= 11 is 0. The SMILES string of the molecule is [Ir].[c-]1cc2ccc3ccccc3c2cc1-c1cc2ccc3ccccc3c2cn1. The number of benzene rings is 5. The van der Waals surface area contributed by atoms with Gasteiger partial charge in [0.25, 0.3) is 0 Å². The van der Waals surface area contributed by atoms with Crippen molar-refractivity contribution in [2.75, 3.05) is 0 Å². The first-order chi connectivity index (χ1) is 13.9. The van der Waals surface area contributed by atoms with E-state index in [1.165, 1.54) is 43.1 Å². The van der Waals surface area contributed by atoms with Crippen LogP contribution in [0.5, 0.6) is 0 Å². The van der Waals surface area contributed by atoms with Gasteiger partial charge in [0.2, 0.25) is 0 Å². The van der Waals surface area contributed by atoms with E-state index in [1.807, 2.05) is 6.20 Å². The fourth-order valence-electron chi connectivity index (χ4n) is 4.14. The number of hydrogen-bond donors (Lipinski definition) is 0.